The number of methoxy groups -OCH3 is 1. The van der Waals surface area contributed by atoms with Gasteiger partial charge < -0.3 is 34.1 Å². The van der Waals surface area contributed by atoms with Crippen molar-refractivity contribution in [2.24, 2.45) is 0 Å². The van der Waals surface area contributed by atoms with Gasteiger partial charge in [0.25, 0.3) is 11.8 Å². The predicted octanol–water partition coefficient (Wildman–Crippen LogP) is 1.70. The molecule has 1 saturated heterocycles. The Labute approximate surface area is 209 Å². The summed E-state index contributed by atoms with van der Waals surface area (Å²) in [5.74, 6) is -6.22. The van der Waals surface area contributed by atoms with Crippen LogP contribution in [0.15, 0.2) is 23.1 Å². The zero-order chi connectivity index (χ0) is 26.9. The first kappa shape index (κ1) is 26.6. The van der Waals surface area contributed by atoms with Crippen molar-refractivity contribution in [2.45, 2.75) is 38.3 Å². The molecule has 2 bridgehead atoms. The Morgan fingerprint density at radius 1 is 1.24 bits per heavy atom. The molecule has 1 aromatic heterocycles. The maximum atomic E-state index is 14.0. The van der Waals surface area contributed by atoms with Crippen LogP contribution in [0, 0.1) is 17.5 Å². The van der Waals surface area contributed by atoms with E-state index in [4.69, 9.17) is 14.2 Å². The fourth-order valence-corrected chi connectivity index (χ4v) is 4.35. The summed E-state index contributed by atoms with van der Waals surface area (Å²) in [6, 6.07) is 0.614. The Morgan fingerprint density at radius 2 is 1.95 bits per heavy atom. The smallest absolute Gasteiger partial charge is 0.274 e. The van der Waals surface area contributed by atoms with Gasteiger partial charge in [-0.3, -0.25) is 14.4 Å². The van der Waals surface area contributed by atoms with Crippen LogP contribution in [0.5, 0.6) is 5.75 Å². The molecule has 10 nitrogen and oxygen atoms in total. The number of amides is 2. The van der Waals surface area contributed by atoms with Gasteiger partial charge in [0.15, 0.2) is 17.7 Å². The number of carbonyl (C=O) groups is 2. The molecule has 2 aliphatic rings. The summed E-state index contributed by atoms with van der Waals surface area (Å²) in [6.45, 7) is 1.86. The minimum atomic E-state index is -1.22. The number of aromatic nitrogens is 1. The van der Waals surface area contributed by atoms with Crippen LogP contribution >= 0.6 is 0 Å². The summed E-state index contributed by atoms with van der Waals surface area (Å²) in [5, 5.41) is 12.9. The highest BCUT2D eigenvalue weighted by molar-refractivity contribution is 5.99. The Kier molecular flexibility index (Phi) is 7.85. The second-order valence-corrected chi connectivity index (χ2v) is 8.85. The predicted molar refractivity (Wildman–Crippen MR) is 122 cm³/mol. The number of ether oxygens (including phenoxy) is 3. The molecule has 3 atom stereocenters. The first-order chi connectivity index (χ1) is 17.6. The van der Waals surface area contributed by atoms with Gasteiger partial charge in [0.05, 0.1) is 19.8 Å². The zero-order valence-corrected chi connectivity index (χ0v) is 20.1. The number of halogens is 3. The fraction of sp³-hybridized carbons (Fsp3) is 0.458. The molecule has 0 aliphatic carbocycles. The molecule has 1 fully saturated rings. The number of carbonyl (C=O) groups excluding carboxylic acids is 2. The lowest BCUT2D eigenvalue weighted by Crippen LogP contribution is -2.51. The van der Waals surface area contributed by atoms with Crippen molar-refractivity contribution < 1.29 is 42.1 Å². The topological polar surface area (TPSA) is 119 Å². The zero-order valence-electron chi connectivity index (χ0n) is 20.1. The molecule has 2 N–H and O–H groups in total. The van der Waals surface area contributed by atoms with E-state index < -0.39 is 70.4 Å². The van der Waals surface area contributed by atoms with E-state index in [1.165, 1.54) is 16.6 Å². The number of nitrogens with zero attached hydrogens (tertiary/aromatic N) is 2. The maximum Gasteiger partial charge on any atom is 0.274 e. The Hall–Kier alpha value is -3.42. The fourth-order valence-electron chi connectivity index (χ4n) is 4.35. The molecular weight excluding hydrogens is 499 g/mol. The highest BCUT2D eigenvalue weighted by Crippen LogP contribution is 2.30. The van der Waals surface area contributed by atoms with Gasteiger partial charge in [-0.05, 0) is 13.3 Å². The standard InChI is InChI=1S/C24H26F3N3O7/c1-12-3-4-36-11-14(10-35-2)37-19-9-29(12)24(34)20-22(32)21(31)16(8-30(19)20)23(33)28-7-15-17(26)5-13(25)6-18(15)27/h5-6,8,12,14,19,32H,3-4,7,9-11H2,1-2H3,(H,28,33)/t12-,14-,19-/m0/s1. The number of fused-ring (bicyclic) bond motifs is 4. The van der Waals surface area contributed by atoms with Crippen LogP contribution in [0.4, 0.5) is 13.2 Å². The van der Waals surface area contributed by atoms with Gasteiger partial charge in [0.1, 0.15) is 29.1 Å². The molecule has 0 radical (unpaired) electrons. The highest BCUT2D eigenvalue weighted by Gasteiger charge is 2.39. The highest BCUT2D eigenvalue weighted by atomic mass is 19.1. The SMILES string of the molecule is COC[C@H]1COCC[C@H](C)N2C[C@H](O1)n1cc(C(=O)NCc3c(F)cc(F)cc3F)c(=O)c(O)c1C2=O. The van der Waals surface area contributed by atoms with Crippen LogP contribution in [0.2, 0.25) is 0 Å². The molecule has 4 rings (SSSR count). The minimum absolute atomic E-state index is 0.0581. The van der Waals surface area contributed by atoms with Crippen LogP contribution < -0.4 is 10.7 Å². The van der Waals surface area contributed by atoms with Gasteiger partial charge in [-0.1, -0.05) is 0 Å². The van der Waals surface area contributed by atoms with Crippen molar-refractivity contribution in [1.29, 1.82) is 0 Å². The van der Waals surface area contributed by atoms with E-state index >= 15 is 0 Å². The normalized spacial score (nSPS) is 21.9. The molecule has 0 spiro atoms. The van der Waals surface area contributed by atoms with E-state index in [1.54, 1.807) is 6.92 Å². The lowest BCUT2D eigenvalue weighted by atomic mass is 10.1. The van der Waals surface area contributed by atoms with E-state index in [0.717, 1.165) is 6.20 Å². The lowest BCUT2D eigenvalue weighted by Gasteiger charge is -2.41. The van der Waals surface area contributed by atoms with Crippen molar-refractivity contribution in [3.63, 3.8) is 0 Å². The van der Waals surface area contributed by atoms with E-state index in [-0.39, 0.29) is 31.5 Å². The second-order valence-electron chi connectivity index (χ2n) is 8.85. The molecule has 13 heteroatoms. The summed E-state index contributed by atoms with van der Waals surface area (Å²) in [4.78, 5) is 40.4. The molecule has 2 amide bonds. The van der Waals surface area contributed by atoms with Gasteiger partial charge >= 0.3 is 0 Å². The number of aromatic hydroxyl groups is 1. The molecule has 2 aromatic rings. The van der Waals surface area contributed by atoms with Crippen molar-refractivity contribution in [1.82, 2.24) is 14.8 Å². The van der Waals surface area contributed by atoms with Crippen LogP contribution in [0.1, 0.15) is 46.0 Å². The van der Waals surface area contributed by atoms with Crippen molar-refractivity contribution in [2.75, 3.05) is 33.5 Å². The van der Waals surface area contributed by atoms with E-state index in [2.05, 4.69) is 5.32 Å². The quantitative estimate of drug-likeness (QED) is 0.610. The number of hydrogen-bond donors (Lipinski definition) is 2. The molecule has 3 heterocycles. The van der Waals surface area contributed by atoms with Crippen molar-refractivity contribution >= 4 is 11.8 Å². The Balaban J connectivity index is 1.70. The second kappa shape index (κ2) is 10.9. The summed E-state index contributed by atoms with van der Waals surface area (Å²) >= 11 is 0. The van der Waals surface area contributed by atoms with Gasteiger partial charge in [-0.15, -0.1) is 0 Å². The van der Waals surface area contributed by atoms with Crippen LogP contribution in [0.25, 0.3) is 0 Å². The van der Waals surface area contributed by atoms with Gasteiger partial charge in [0.2, 0.25) is 5.43 Å². The van der Waals surface area contributed by atoms with E-state index in [9.17, 15) is 32.7 Å². The minimum Gasteiger partial charge on any atom is -0.503 e. The third-order valence-corrected chi connectivity index (χ3v) is 6.33. The summed E-state index contributed by atoms with van der Waals surface area (Å²) < 4.78 is 59.2. The lowest BCUT2D eigenvalue weighted by molar-refractivity contribution is -0.130. The van der Waals surface area contributed by atoms with Crippen LogP contribution in [0.3, 0.4) is 0 Å². The molecule has 0 unspecified atom stereocenters. The maximum absolute atomic E-state index is 14.0. The Morgan fingerprint density at radius 3 is 2.62 bits per heavy atom. The van der Waals surface area contributed by atoms with Gasteiger partial charge in [0, 0.05) is 50.2 Å². The van der Waals surface area contributed by atoms with Crippen LogP contribution in [-0.2, 0) is 20.8 Å². The van der Waals surface area contributed by atoms with Crippen molar-refractivity contribution in [3.05, 3.63) is 62.8 Å². The summed E-state index contributed by atoms with van der Waals surface area (Å²) in [7, 11) is 1.48. The number of nitrogens with one attached hydrogen (secondary N) is 1. The number of rotatable bonds is 5. The summed E-state index contributed by atoms with van der Waals surface area (Å²) in [6.07, 6.45) is 0.0855. The molecule has 2 aliphatic heterocycles. The average Bonchev–Trinajstić information content (AvgIpc) is 2.84. The first-order valence-corrected chi connectivity index (χ1v) is 11.5. The molecule has 0 saturated carbocycles. The molecular formula is C24H26F3N3O7. The molecule has 37 heavy (non-hydrogen) atoms. The number of benzene rings is 1. The molecule has 200 valence electrons. The van der Waals surface area contributed by atoms with Crippen molar-refractivity contribution in [3.8, 4) is 5.75 Å². The number of hydrogen-bond acceptors (Lipinski definition) is 7. The van der Waals surface area contributed by atoms with E-state index in [1.807, 2.05) is 0 Å². The van der Waals surface area contributed by atoms with E-state index in [0.29, 0.717) is 25.2 Å². The largest absolute Gasteiger partial charge is 0.503 e. The monoisotopic (exact) mass is 525 g/mol. The third-order valence-electron chi connectivity index (χ3n) is 6.33. The molecule has 1 aromatic carbocycles. The Bertz CT molecular complexity index is 1250. The van der Waals surface area contributed by atoms with Gasteiger partial charge in [-0.2, -0.15) is 0 Å². The third kappa shape index (κ3) is 5.33. The van der Waals surface area contributed by atoms with Crippen LogP contribution in [-0.4, -0.2) is 72.0 Å². The van der Waals surface area contributed by atoms with Gasteiger partial charge in [-0.25, -0.2) is 13.2 Å². The number of pyridine rings is 1. The summed E-state index contributed by atoms with van der Waals surface area (Å²) in [5.41, 5.74) is -2.69. The average molecular weight is 525 g/mol. The first-order valence-electron chi connectivity index (χ1n) is 11.5.